The number of hydrogen-bond donors (Lipinski definition) is 0. The third-order valence-corrected chi connectivity index (χ3v) is 7.36. The standard InChI is InChI=1S/C36H48O3/c1-4-6-7-8-9-10-11-12-13-14-15-30-16-18-32(19-17-30)33-20-22-34(23-21-33)36(37)39-35-26-24-31(25-27-35)29(3)38-28-5-2/h16-27,29H,4-15,28H2,1-3H3. The number of aryl methyl sites for hydroxylation is 1. The van der Waals surface area contributed by atoms with Crippen LogP contribution in [0.5, 0.6) is 5.75 Å². The Labute approximate surface area is 237 Å². The lowest BCUT2D eigenvalue weighted by Crippen LogP contribution is -2.08. The SMILES string of the molecule is CCCCCCCCCCCCc1ccc(-c2ccc(C(=O)Oc3ccc(C(C)OCCC)cc3)cc2)cc1. The van der Waals surface area contributed by atoms with Gasteiger partial charge in [0.1, 0.15) is 5.75 Å². The van der Waals surface area contributed by atoms with Crippen LogP contribution in [0.25, 0.3) is 11.1 Å². The van der Waals surface area contributed by atoms with Gasteiger partial charge in [0.15, 0.2) is 0 Å². The molecule has 3 aromatic carbocycles. The van der Waals surface area contributed by atoms with Crippen molar-refractivity contribution >= 4 is 5.97 Å². The molecule has 0 aliphatic rings. The number of carbonyl (C=O) groups excluding carboxylic acids is 1. The first-order valence-corrected chi connectivity index (χ1v) is 15.2. The van der Waals surface area contributed by atoms with Crippen molar-refractivity contribution in [3.8, 4) is 16.9 Å². The van der Waals surface area contributed by atoms with Crippen LogP contribution < -0.4 is 4.74 Å². The minimum absolute atomic E-state index is 0.0241. The number of rotatable bonds is 18. The Morgan fingerprint density at radius 1 is 0.641 bits per heavy atom. The van der Waals surface area contributed by atoms with Crippen molar-refractivity contribution in [2.45, 2.75) is 104 Å². The van der Waals surface area contributed by atoms with Gasteiger partial charge >= 0.3 is 5.97 Å². The normalized spacial score (nSPS) is 11.9. The maximum Gasteiger partial charge on any atom is 0.343 e. The van der Waals surface area contributed by atoms with E-state index in [4.69, 9.17) is 9.47 Å². The van der Waals surface area contributed by atoms with Crippen molar-refractivity contribution in [2.24, 2.45) is 0 Å². The number of hydrogen-bond acceptors (Lipinski definition) is 3. The van der Waals surface area contributed by atoms with E-state index < -0.39 is 0 Å². The lowest BCUT2D eigenvalue weighted by Gasteiger charge is -2.13. The summed E-state index contributed by atoms with van der Waals surface area (Å²) < 4.78 is 11.3. The molecule has 0 bridgehead atoms. The summed E-state index contributed by atoms with van der Waals surface area (Å²) in [6.07, 6.45) is 15.8. The highest BCUT2D eigenvalue weighted by atomic mass is 16.5. The summed E-state index contributed by atoms with van der Waals surface area (Å²) in [7, 11) is 0. The smallest absolute Gasteiger partial charge is 0.343 e. The first-order valence-electron chi connectivity index (χ1n) is 15.2. The molecular weight excluding hydrogens is 480 g/mol. The van der Waals surface area contributed by atoms with Gasteiger partial charge in [0.05, 0.1) is 11.7 Å². The molecule has 3 heteroatoms. The predicted octanol–water partition coefficient (Wildman–Crippen LogP) is 10.5. The van der Waals surface area contributed by atoms with E-state index in [0.717, 1.165) is 36.1 Å². The number of benzene rings is 3. The largest absolute Gasteiger partial charge is 0.423 e. The van der Waals surface area contributed by atoms with E-state index >= 15 is 0 Å². The van der Waals surface area contributed by atoms with Crippen LogP contribution in [0.3, 0.4) is 0 Å². The highest BCUT2D eigenvalue weighted by Crippen LogP contribution is 2.24. The molecule has 0 radical (unpaired) electrons. The minimum atomic E-state index is -0.351. The average molecular weight is 529 g/mol. The van der Waals surface area contributed by atoms with Crippen molar-refractivity contribution in [3.63, 3.8) is 0 Å². The quantitative estimate of drug-likeness (QED) is 0.0935. The number of esters is 1. The zero-order chi connectivity index (χ0) is 27.7. The molecule has 0 aromatic heterocycles. The second-order valence-corrected chi connectivity index (χ2v) is 10.7. The zero-order valence-corrected chi connectivity index (χ0v) is 24.4. The van der Waals surface area contributed by atoms with Crippen molar-refractivity contribution < 1.29 is 14.3 Å². The van der Waals surface area contributed by atoms with Crippen LogP contribution >= 0.6 is 0 Å². The van der Waals surface area contributed by atoms with Gasteiger partial charge < -0.3 is 9.47 Å². The second-order valence-electron chi connectivity index (χ2n) is 10.7. The second kappa shape index (κ2) is 17.6. The van der Waals surface area contributed by atoms with Crippen LogP contribution in [0.4, 0.5) is 0 Å². The van der Waals surface area contributed by atoms with Crippen molar-refractivity contribution in [1.29, 1.82) is 0 Å². The third kappa shape index (κ3) is 11.0. The molecule has 3 nitrogen and oxygen atoms in total. The molecule has 0 spiro atoms. The Hall–Kier alpha value is -2.91. The Morgan fingerprint density at radius 2 is 1.18 bits per heavy atom. The molecule has 0 saturated heterocycles. The summed E-state index contributed by atoms with van der Waals surface area (Å²) >= 11 is 0. The monoisotopic (exact) mass is 528 g/mol. The van der Waals surface area contributed by atoms with Gasteiger partial charge in [-0.2, -0.15) is 0 Å². The summed E-state index contributed by atoms with van der Waals surface area (Å²) in [6, 6.07) is 24.1. The topological polar surface area (TPSA) is 35.5 Å². The maximum atomic E-state index is 12.7. The zero-order valence-electron chi connectivity index (χ0n) is 24.4. The number of unbranched alkanes of at least 4 members (excludes halogenated alkanes) is 9. The van der Waals surface area contributed by atoms with E-state index in [9.17, 15) is 4.79 Å². The highest BCUT2D eigenvalue weighted by molar-refractivity contribution is 5.91. The van der Waals surface area contributed by atoms with Crippen LogP contribution in [0.1, 0.15) is 119 Å². The average Bonchev–Trinajstić information content (AvgIpc) is 2.97. The lowest BCUT2D eigenvalue weighted by atomic mass is 10.00. The fourth-order valence-electron chi connectivity index (χ4n) is 4.84. The number of carbonyl (C=O) groups is 1. The van der Waals surface area contributed by atoms with Crippen LogP contribution in [-0.2, 0) is 11.2 Å². The molecule has 0 fully saturated rings. The molecule has 1 atom stereocenters. The van der Waals surface area contributed by atoms with Crippen LogP contribution in [0.2, 0.25) is 0 Å². The molecule has 0 saturated carbocycles. The van der Waals surface area contributed by atoms with Crippen molar-refractivity contribution in [1.82, 2.24) is 0 Å². The van der Waals surface area contributed by atoms with Gasteiger partial charge in [-0.3, -0.25) is 0 Å². The highest BCUT2D eigenvalue weighted by Gasteiger charge is 2.11. The molecule has 1 unspecified atom stereocenters. The van der Waals surface area contributed by atoms with E-state index in [0.29, 0.717) is 11.3 Å². The van der Waals surface area contributed by atoms with Crippen LogP contribution in [0.15, 0.2) is 72.8 Å². The summed E-state index contributed by atoms with van der Waals surface area (Å²) in [6.45, 7) is 7.14. The molecule has 0 aliphatic heterocycles. The molecule has 3 rings (SSSR count). The van der Waals surface area contributed by atoms with Gasteiger partial charge in [0.25, 0.3) is 0 Å². The fraction of sp³-hybridized carbons (Fsp3) is 0.472. The summed E-state index contributed by atoms with van der Waals surface area (Å²) in [5.41, 5.74) is 5.28. The molecule has 39 heavy (non-hydrogen) atoms. The van der Waals surface area contributed by atoms with E-state index in [1.807, 2.05) is 55.5 Å². The molecule has 0 amide bonds. The van der Waals surface area contributed by atoms with Crippen LogP contribution in [0, 0.1) is 0 Å². The van der Waals surface area contributed by atoms with Crippen LogP contribution in [-0.4, -0.2) is 12.6 Å². The van der Waals surface area contributed by atoms with Gasteiger partial charge in [0.2, 0.25) is 0 Å². The summed E-state index contributed by atoms with van der Waals surface area (Å²) in [4.78, 5) is 12.7. The predicted molar refractivity (Wildman–Crippen MR) is 163 cm³/mol. The molecule has 0 heterocycles. The fourth-order valence-corrected chi connectivity index (χ4v) is 4.84. The molecular formula is C36H48O3. The first-order chi connectivity index (χ1) is 19.1. The Bertz CT molecular complexity index is 1070. The Kier molecular flexibility index (Phi) is 13.8. The first kappa shape index (κ1) is 30.6. The Morgan fingerprint density at radius 3 is 1.74 bits per heavy atom. The minimum Gasteiger partial charge on any atom is -0.423 e. The van der Waals surface area contributed by atoms with E-state index in [1.54, 1.807) is 0 Å². The Balaban J connectivity index is 1.40. The van der Waals surface area contributed by atoms with E-state index in [-0.39, 0.29) is 12.1 Å². The molecule has 0 N–H and O–H groups in total. The van der Waals surface area contributed by atoms with Gasteiger partial charge in [0, 0.05) is 6.61 Å². The maximum absolute atomic E-state index is 12.7. The van der Waals surface area contributed by atoms with E-state index in [1.165, 1.54) is 69.8 Å². The van der Waals surface area contributed by atoms with Crippen molar-refractivity contribution in [2.75, 3.05) is 6.61 Å². The lowest BCUT2D eigenvalue weighted by molar-refractivity contribution is 0.0662. The summed E-state index contributed by atoms with van der Waals surface area (Å²) in [5, 5.41) is 0. The summed E-state index contributed by atoms with van der Waals surface area (Å²) in [5.74, 6) is 0.185. The molecule has 0 aliphatic carbocycles. The number of ether oxygens (including phenoxy) is 2. The van der Waals surface area contributed by atoms with Gasteiger partial charge in [-0.05, 0) is 72.7 Å². The van der Waals surface area contributed by atoms with Crippen molar-refractivity contribution in [3.05, 3.63) is 89.5 Å². The van der Waals surface area contributed by atoms with Gasteiger partial charge in [-0.25, -0.2) is 4.79 Å². The van der Waals surface area contributed by atoms with Gasteiger partial charge in [-0.15, -0.1) is 0 Å². The van der Waals surface area contributed by atoms with Gasteiger partial charge in [-0.1, -0.05) is 120 Å². The van der Waals surface area contributed by atoms with E-state index in [2.05, 4.69) is 38.1 Å². The molecule has 210 valence electrons. The molecule has 3 aromatic rings. The third-order valence-electron chi connectivity index (χ3n) is 7.36.